The molecule has 2 rings (SSSR count). The average molecular weight is 414 g/mol. The molecular weight excluding hydrogens is 384 g/mol. The Balaban J connectivity index is 1.73. The summed E-state index contributed by atoms with van der Waals surface area (Å²) in [4.78, 5) is 50.2. The standard InChI is InChI=1S/C19H30N2O8/c1-13(27-17(24)14-5-7-15(8-6-14)29-21-26)28-18(25)20-12-19(11-16(22)23)9-3-2-4-10-19/h13-15H,2-12H2,1H3,(H,20,25)(H,22,23). The summed E-state index contributed by atoms with van der Waals surface area (Å²) in [5, 5.41) is 14.2. The second kappa shape index (κ2) is 11.0. The lowest BCUT2D eigenvalue weighted by atomic mass is 9.72. The number of alkyl carbamates (subject to hydrolysis) is 1. The van der Waals surface area contributed by atoms with Gasteiger partial charge in [0.05, 0.1) is 12.3 Å². The molecule has 2 aliphatic carbocycles. The zero-order chi connectivity index (χ0) is 21.3. The van der Waals surface area contributed by atoms with Crippen LogP contribution in [0.5, 0.6) is 0 Å². The second-order valence-electron chi connectivity index (χ2n) is 8.05. The third-order valence-electron chi connectivity index (χ3n) is 5.80. The van der Waals surface area contributed by atoms with Gasteiger partial charge in [-0.05, 0) is 43.9 Å². The monoisotopic (exact) mass is 414 g/mol. The van der Waals surface area contributed by atoms with E-state index in [1.54, 1.807) is 0 Å². The first kappa shape index (κ1) is 22.9. The highest BCUT2D eigenvalue weighted by molar-refractivity contribution is 5.73. The van der Waals surface area contributed by atoms with Crippen LogP contribution in [0, 0.1) is 16.2 Å². The summed E-state index contributed by atoms with van der Waals surface area (Å²) in [5.41, 5.74) is -0.458. The van der Waals surface area contributed by atoms with Gasteiger partial charge in [-0.1, -0.05) is 19.3 Å². The summed E-state index contributed by atoms with van der Waals surface area (Å²) in [6.07, 6.45) is 4.46. The Morgan fingerprint density at radius 2 is 1.76 bits per heavy atom. The number of esters is 1. The predicted octanol–water partition coefficient (Wildman–Crippen LogP) is 3.28. The number of hydrogen-bond acceptors (Lipinski definition) is 8. The van der Waals surface area contributed by atoms with Gasteiger partial charge < -0.3 is 24.7 Å². The van der Waals surface area contributed by atoms with Crippen molar-refractivity contribution in [1.82, 2.24) is 5.32 Å². The highest BCUT2D eigenvalue weighted by Gasteiger charge is 2.35. The van der Waals surface area contributed by atoms with Crippen LogP contribution < -0.4 is 5.32 Å². The summed E-state index contributed by atoms with van der Waals surface area (Å²) in [6, 6.07) is 0. The van der Waals surface area contributed by atoms with Crippen LogP contribution in [-0.4, -0.2) is 42.1 Å². The number of hydrogen-bond donors (Lipinski definition) is 2. The number of amides is 1. The molecule has 0 spiro atoms. The maximum absolute atomic E-state index is 12.2. The number of aliphatic carboxylic acids is 1. The van der Waals surface area contributed by atoms with E-state index in [1.165, 1.54) is 6.92 Å². The van der Waals surface area contributed by atoms with Crippen molar-refractivity contribution in [3.8, 4) is 0 Å². The zero-order valence-corrected chi connectivity index (χ0v) is 16.8. The maximum atomic E-state index is 12.2. The molecule has 2 aliphatic rings. The van der Waals surface area contributed by atoms with E-state index in [1.807, 2.05) is 0 Å². The molecule has 0 heterocycles. The topological polar surface area (TPSA) is 141 Å². The molecule has 1 amide bonds. The Morgan fingerprint density at radius 1 is 1.10 bits per heavy atom. The molecule has 164 valence electrons. The number of carboxylic acids is 1. The quantitative estimate of drug-likeness (QED) is 0.253. The summed E-state index contributed by atoms with van der Waals surface area (Å²) >= 11 is 0. The van der Waals surface area contributed by atoms with E-state index >= 15 is 0 Å². The first-order valence-electron chi connectivity index (χ1n) is 10.2. The van der Waals surface area contributed by atoms with Gasteiger partial charge in [-0.3, -0.25) is 9.59 Å². The summed E-state index contributed by atoms with van der Waals surface area (Å²) < 4.78 is 10.3. The number of nitrogens with zero attached hydrogens (tertiary/aromatic N) is 1. The minimum atomic E-state index is -1.06. The number of carboxylic acid groups (broad SMARTS) is 1. The largest absolute Gasteiger partial charge is 0.481 e. The molecule has 0 radical (unpaired) electrons. The number of carbonyl (C=O) groups is 3. The molecule has 0 aliphatic heterocycles. The lowest BCUT2D eigenvalue weighted by Crippen LogP contribution is -2.41. The van der Waals surface area contributed by atoms with Crippen molar-refractivity contribution in [3.63, 3.8) is 0 Å². The maximum Gasteiger partial charge on any atom is 0.410 e. The molecule has 10 heteroatoms. The van der Waals surface area contributed by atoms with Crippen LogP contribution >= 0.6 is 0 Å². The summed E-state index contributed by atoms with van der Waals surface area (Å²) in [5.74, 6) is -1.68. The van der Waals surface area contributed by atoms with Crippen LogP contribution in [0.2, 0.25) is 0 Å². The molecule has 1 unspecified atom stereocenters. The van der Waals surface area contributed by atoms with Crippen LogP contribution in [0.15, 0.2) is 5.34 Å². The lowest BCUT2D eigenvalue weighted by Gasteiger charge is -2.36. The van der Waals surface area contributed by atoms with Gasteiger partial charge in [-0.15, -0.1) is 4.91 Å². The average Bonchev–Trinajstić information content (AvgIpc) is 2.67. The van der Waals surface area contributed by atoms with Gasteiger partial charge >= 0.3 is 18.0 Å². The van der Waals surface area contributed by atoms with E-state index in [9.17, 15) is 24.4 Å². The third-order valence-corrected chi connectivity index (χ3v) is 5.80. The first-order valence-corrected chi connectivity index (χ1v) is 10.2. The Hall–Kier alpha value is -2.39. The van der Waals surface area contributed by atoms with Crippen molar-refractivity contribution in [2.75, 3.05) is 6.54 Å². The Labute approximate surface area is 169 Å². The Bertz CT molecular complexity index is 583. The Kier molecular flexibility index (Phi) is 8.66. The van der Waals surface area contributed by atoms with Gasteiger partial charge in [-0.25, -0.2) is 4.79 Å². The van der Waals surface area contributed by atoms with Crippen LogP contribution in [0.4, 0.5) is 4.79 Å². The molecule has 0 aromatic heterocycles. The molecule has 1 atom stereocenters. The number of nitrogens with one attached hydrogen (secondary N) is 1. The lowest BCUT2D eigenvalue weighted by molar-refractivity contribution is -0.172. The van der Waals surface area contributed by atoms with Crippen LogP contribution in [0.3, 0.4) is 0 Å². The van der Waals surface area contributed by atoms with Crippen molar-refractivity contribution in [2.45, 2.75) is 83.5 Å². The molecule has 0 bridgehead atoms. The highest BCUT2D eigenvalue weighted by Crippen LogP contribution is 2.38. The van der Waals surface area contributed by atoms with Gasteiger partial charge in [0.15, 0.2) is 5.34 Å². The van der Waals surface area contributed by atoms with E-state index in [-0.39, 0.29) is 25.0 Å². The van der Waals surface area contributed by atoms with E-state index in [2.05, 4.69) is 15.5 Å². The molecule has 0 aromatic carbocycles. The van der Waals surface area contributed by atoms with Gasteiger partial charge in [0.2, 0.25) is 6.29 Å². The zero-order valence-electron chi connectivity index (χ0n) is 16.8. The number of carbonyl (C=O) groups excluding carboxylic acids is 2. The minimum Gasteiger partial charge on any atom is -0.481 e. The van der Waals surface area contributed by atoms with Crippen LogP contribution in [0.1, 0.15) is 71.1 Å². The van der Waals surface area contributed by atoms with Crippen molar-refractivity contribution in [3.05, 3.63) is 4.91 Å². The van der Waals surface area contributed by atoms with Crippen LogP contribution in [0.25, 0.3) is 0 Å². The van der Waals surface area contributed by atoms with Crippen molar-refractivity contribution in [2.24, 2.45) is 16.7 Å². The van der Waals surface area contributed by atoms with Gasteiger partial charge in [-0.2, -0.15) is 0 Å². The highest BCUT2D eigenvalue weighted by atomic mass is 16.7. The molecule has 2 fully saturated rings. The van der Waals surface area contributed by atoms with Gasteiger partial charge in [0.1, 0.15) is 6.10 Å². The molecule has 0 saturated heterocycles. The number of rotatable bonds is 9. The second-order valence-corrected chi connectivity index (χ2v) is 8.05. The SMILES string of the molecule is CC(OC(=O)NCC1(CC(=O)O)CCCCC1)OC(=O)C1CCC(ON=O)CC1. The molecule has 10 nitrogen and oxygen atoms in total. The smallest absolute Gasteiger partial charge is 0.410 e. The predicted molar refractivity (Wildman–Crippen MR) is 100 cm³/mol. The molecule has 2 N–H and O–H groups in total. The Morgan fingerprint density at radius 3 is 2.34 bits per heavy atom. The fourth-order valence-electron chi connectivity index (χ4n) is 4.24. The third kappa shape index (κ3) is 7.51. The first-order chi connectivity index (χ1) is 13.8. The van der Waals surface area contributed by atoms with Gasteiger partial charge in [0, 0.05) is 13.5 Å². The van der Waals surface area contributed by atoms with Crippen molar-refractivity contribution >= 4 is 18.0 Å². The van der Waals surface area contributed by atoms with E-state index in [0.29, 0.717) is 25.7 Å². The van der Waals surface area contributed by atoms with E-state index in [4.69, 9.17) is 9.47 Å². The van der Waals surface area contributed by atoms with Crippen molar-refractivity contribution in [1.29, 1.82) is 0 Å². The van der Waals surface area contributed by atoms with Crippen molar-refractivity contribution < 1.29 is 33.8 Å². The molecule has 2 saturated carbocycles. The fraction of sp³-hybridized carbons (Fsp3) is 0.842. The molecule has 29 heavy (non-hydrogen) atoms. The molecule has 0 aromatic rings. The number of ether oxygens (including phenoxy) is 2. The van der Waals surface area contributed by atoms with Gasteiger partial charge in [0.25, 0.3) is 0 Å². The summed E-state index contributed by atoms with van der Waals surface area (Å²) in [7, 11) is 0. The minimum absolute atomic E-state index is 0.00380. The molecular formula is C19H30N2O8. The normalized spacial score (nSPS) is 24.6. The van der Waals surface area contributed by atoms with Crippen LogP contribution in [-0.2, 0) is 23.9 Å². The fourth-order valence-corrected chi connectivity index (χ4v) is 4.24. The van der Waals surface area contributed by atoms with E-state index in [0.717, 1.165) is 32.1 Å². The summed E-state index contributed by atoms with van der Waals surface area (Å²) in [6.45, 7) is 1.67. The van der Waals surface area contributed by atoms with E-state index < -0.39 is 29.7 Å².